The number of carbonyl (C=O) groups is 1. The summed E-state index contributed by atoms with van der Waals surface area (Å²) in [6, 6.07) is 6.45. The van der Waals surface area contributed by atoms with Crippen molar-refractivity contribution in [2.24, 2.45) is 0 Å². The molecule has 1 aromatic rings. The Labute approximate surface area is 79.5 Å². The number of halogens is 2. The van der Waals surface area contributed by atoms with E-state index >= 15 is 0 Å². The fourth-order valence-electron chi connectivity index (χ4n) is 1.44. The molecule has 1 heterocycles. The number of fused-ring (bicyclic) bond motifs is 1. The van der Waals surface area contributed by atoms with Crippen molar-refractivity contribution in [3.05, 3.63) is 29.8 Å². The zero-order valence-corrected chi connectivity index (χ0v) is 7.24. The highest BCUT2D eigenvalue weighted by molar-refractivity contribution is 5.99. The zero-order valence-electron chi connectivity index (χ0n) is 7.24. The van der Waals surface area contributed by atoms with Crippen LogP contribution in [0, 0.1) is 0 Å². The first-order chi connectivity index (χ1) is 6.68. The Morgan fingerprint density at radius 2 is 2.07 bits per heavy atom. The second kappa shape index (κ2) is 3.36. The topological polar surface area (TPSA) is 26.3 Å². The summed E-state index contributed by atoms with van der Waals surface area (Å²) < 4.78 is 29.6. The van der Waals surface area contributed by atoms with Gasteiger partial charge in [0.15, 0.2) is 11.9 Å². The fourth-order valence-corrected chi connectivity index (χ4v) is 1.44. The number of alkyl halides is 2. The van der Waals surface area contributed by atoms with Gasteiger partial charge in [-0.05, 0) is 12.1 Å². The van der Waals surface area contributed by atoms with Crippen LogP contribution in [0.25, 0.3) is 0 Å². The van der Waals surface area contributed by atoms with E-state index in [1.54, 1.807) is 18.2 Å². The van der Waals surface area contributed by atoms with E-state index in [1.165, 1.54) is 6.07 Å². The monoisotopic (exact) mass is 198 g/mol. The molecular formula is C10H8F2O2. The Bertz CT molecular complexity index is 363. The Morgan fingerprint density at radius 1 is 1.36 bits per heavy atom. The molecule has 1 aromatic carbocycles. The number of carbonyl (C=O) groups excluding carboxylic acids is 1. The molecule has 0 bridgehead atoms. The molecule has 74 valence electrons. The third-order valence-corrected chi connectivity index (χ3v) is 2.13. The van der Waals surface area contributed by atoms with E-state index in [4.69, 9.17) is 4.74 Å². The molecule has 0 radical (unpaired) electrons. The number of Topliss-reactive ketones (excluding diaryl/α,β-unsaturated/α-hetero) is 1. The summed E-state index contributed by atoms with van der Waals surface area (Å²) in [6.45, 7) is 0. The first-order valence-corrected chi connectivity index (χ1v) is 4.25. The van der Waals surface area contributed by atoms with Crippen molar-refractivity contribution in [1.29, 1.82) is 0 Å². The van der Waals surface area contributed by atoms with Crippen LogP contribution < -0.4 is 4.74 Å². The van der Waals surface area contributed by atoms with Gasteiger partial charge in [0.1, 0.15) is 5.75 Å². The minimum absolute atomic E-state index is 0.241. The molecule has 0 amide bonds. The molecule has 0 saturated heterocycles. The van der Waals surface area contributed by atoms with Gasteiger partial charge in [0.05, 0.1) is 12.0 Å². The number of benzene rings is 1. The van der Waals surface area contributed by atoms with Crippen molar-refractivity contribution in [2.75, 3.05) is 0 Å². The average Bonchev–Trinajstić information content (AvgIpc) is 2.17. The van der Waals surface area contributed by atoms with E-state index in [9.17, 15) is 13.6 Å². The van der Waals surface area contributed by atoms with Crippen molar-refractivity contribution in [1.82, 2.24) is 0 Å². The molecule has 0 saturated carbocycles. The third-order valence-electron chi connectivity index (χ3n) is 2.13. The number of hydrogen-bond donors (Lipinski definition) is 0. The summed E-state index contributed by atoms with van der Waals surface area (Å²) in [5, 5.41) is 0. The maximum Gasteiger partial charge on any atom is 0.275 e. The van der Waals surface area contributed by atoms with Gasteiger partial charge >= 0.3 is 0 Å². The van der Waals surface area contributed by atoms with Gasteiger partial charge in [-0.1, -0.05) is 12.1 Å². The van der Waals surface area contributed by atoms with Crippen molar-refractivity contribution < 1.29 is 18.3 Å². The largest absolute Gasteiger partial charge is 0.483 e. The maximum absolute atomic E-state index is 12.3. The van der Waals surface area contributed by atoms with Crippen LogP contribution in [-0.2, 0) is 0 Å². The minimum atomic E-state index is -2.62. The molecule has 1 atom stereocenters. The number of hydrogen-bond acceptors (Lipinski definition) is 2. The average molecular weight is 198 g/mol. The quantitative estimate of drug-likeness (QED) is 0.692. The van der Waals surface area contributed by atoms with Crippen LogP contribution in [0.1, 0.15) is 16.8 Å². The lowest BCUT2D eigenvalue weighted by Crippen LogP contribution is -2.32. The van der Waals surface area contributed by atoms with Crippen molar-refractivity contribution >= 4 is 5.78 Å². The van der Waals surface area contributed by atoms with Gasteiger partial charge in [-0.25, -0.2) is 8.78 Å². The summed E-state index contributed by atoms with van der Waals surface area (Å²) in [5.74, 6) is -0.0220. The zero-order chi connectivity index (χ0) is 10.1. The number of ether oxygens (including phenoxy) is 1. The summed E-state index contributed by atoms with van der Waals surface area (Å²) in [5.41, 5.74) is 0.393. The predicted octanol–water partition coefficient (Wildman–Crippen LogP) is 2.29. The SMILES string of the molecule is O=C1C[C@H](C(F)F)Oc2ccccc21. The van der Waals surface area contributed by atoms with Crippen LogP contribution in [-0.4, -0.2) is 18.3 Å². The van der Waals surface area contributed by atoms with Gasteiger partial charge in [-0.15, -0.1) is 0 Å². The Hall–Kier alpha value is -1.45. The highest BCUT2D eigenvalue weighted by atomic mass is 19.3. The second-order valence-corrected chi connectivity index (χ2v) is 3.11. The molecule has 1 aliphatic heterocycles. The normalized spacial score (nSPS) is 20.5. The van der Waals surface area contributed by atoms with E-state index in [2.05, 4.69) is 0 Å². The maximum atomic E-state index is 12.3. The first kappa shape index (κ1) is 9.12. The Kier molecular flexibility index (Phi) is 2.19. The summed E-state index contributed by atoms with van der Waals surface area (Å²) in [7, 11) is 0. The summed E-state index contributed by atoms with van der Waals surface area (Å²) >= 11 is 0. The molecule has 0 aliphatic carbocycles. The smallest absolute Gasteiger partial charge is 0.275 e. The molecule has 1 aliphatic rings. The lowest BCUT2D eigenvalue weighted by Gasteiger charge is -2.24. The van der Waals surface area contributed by atoms with E-state index in [1.807, 2.05) is 0 Å². The number of ketones is 1. The Morgan fingerprint density at radius 3 is 2.79 bits per heavy atom. The molecule has 14 heavy (non-hydrogen) atoms. The van der Waals surface area contributed by atoms with E-state index in [0.29, 0.717) is 5.56 Å². The molecule has 0 spiro atoms. The van der Waals surface area contributed by atoms with E-state index < -0.39 is 12.5 Å². The standard InChI is InChI=1S/C10H8F2O2/c11-10(12)9-5-7(13)6-3-1-2-4-8(6)14-9/h1-4,9-10H,5H2/t9-/m1/s1. The van der Waals surface area contributed by atoms with Gasteiger partial charge in [-0.3, -0.25) is 4.79 Å². The highest BCUT2D eigenvalue weighted by Crippen LogP contribution is 2.29. The lowest BCUT2D eigenvalue weighted by molar-refractivity contribution is 0.00308. The molecule has 2 rings (SSSR count). The van der Waals surface area contributed by atoms with Crippen LogP contribution in [0.15, 0.2) is 24.3 Å². The molecular weight excluding hydrogens is 190 g/mol. The number of rotatable bonds is 1. The van der Waals surface area contributed by atoms with Gasteiger partial charge in [0.25, 0.3) is 6.43 Å². The highest BCUT2D eigenvalue weighted by Gasteiger charge is 2.32. The minimum Gasteiger partial charge on any atom is -0.483 e. The lowest BCUT2D eigenvalue weighted by atomic mass is 10.0. The van der Waals surface area contributed by atoms with Crippen molar-refractivity contribution in [2.45, 2.75) is 19.0 Å². The molecule has 0 N–H and O–H groups in total. The van der Waals surface area contributed by atoms with Crippen molar-refractivity contribution in [3.8, 4) is 5.75 Å². The molecule has 0 fully saturated rings. The van der Waals surface area contributed by atoms with E-state index in [0.717, 1.165) is 0 Å². The molecule has 2 nitrogen and oxygen atoms in total. The van der Waals surface area contributed by atoms with Crippen molar-refractivity contribution in [3.63, 3.8) is 0 Å². The van der Waals surface area contributed by atoms with Crippen LogP contribution in [0.5, 0.6) is 5.75 Å². The van der Waals surface area contributed by atoms with Gasteiger partial charge in [0, 0.05) is 0 Å². The molecule has 0 aromatic heterocycles. The summed E-state index contributed by atoms with van der Waals surface area (Å²) in [4.78, 5) is 11.4. The van der Waals surface area contributed by atoms with Gasteiger partial charge in [-0.2, -0.15) is 0 Å². The molecule has 4 heteroatoms. The Balaban J connectivity index is 2.33. The van der Waals surface area contributed by atoms with Crippen LogP contribution in [0.2, 0.25) is 0 Å². The van der Waals surface area contributed by atoms with Crippen LogP contribution in [0.4, 0.5) is 8.78 Å². The summed E-state index contributed by atoms with van der Waals surface area (Å²) in [6.07, 6.45) is -4.15. The number of para-hydroxylation sites is 1. The second-order valence-electron chi connectivity index (χ2n) is 3.11. The first-order valence-electron chi connectivity index (χ1n) is 4.25. The van der Waals surface area contributed by atoms with Gasteiger partial charge in [0.2, 0.25) is 0 Å². The predicted molar refractivity (Wildman–Crippen MR) is 45.8 cm³/mol. The van der Waals surface area contributed by atoms with Crippen LogP contribution >= 0.6 is 0 Å². The van der Waals surface area contributed by atoms with E-state index in [-0.39, 0.29) is 18.0 Å². The van der Waals surface area contributed by atoms with Crippen LogP contribution in [0.3, 0.4) is 0 Å². The molecule has 0 unspecified atom stereocenters. The van der Waals surface area contributed by atoms with Gasteiger partial charge < -0.3 is 4.74 Å². The fraction of sp³-hybridized carbons (Fsp3) is 0.300. The third kappa shape index (κ3) is 1.47.